The summed E-state index contributed by atoms with van der Waals surface area (Å²) in [4.78, 5) is 30.5. The van der Waals surface area contributed by atoms with Crippen molar-refractivity contribution in [1.82, 2.24) is 9.88 Å². The van der Waals surface area contributed by atoms with Gasteiger partial charge in [-0.1, -0.05) is 24.3 Å². The second kappa shape index (κ2) is 9.07. The van der Waals surface area contributed by atoms with E-state index in [4.69, 9.17) is 9.15 Å². The standard InChI is InChI=1S/C23H23FN2O4/c24-18-8-5-16(6-9-18)7-10-22(28)29-15-21(27)26-13-11-17(12-14-26)23-25-19-3-1-2-4-20(19)30-23/h1-6,8-9,17H,7,10-15H2. The van der Waals surface area contributed by atoms with Crippen LogP contribution < -0.4 is 0 Å². The molecule has 1 aromatic heterocycles. The number of carbonyl (C=O) groups is 2. The van der Waals surface area contributed by atoms with E-state index in [-0.39, 0.29) is 30.7 Å². The van der Waals surface area contributed by atoms with Crippen LogP contribution in [0.1, 0.15) is 36.6 Å². The highest BCUT2D eigenvalue weighted by Crippen LogP contribution is 2.29. The van der Waals surface area contributed by atoms with Crippen molar-refractivity contribution < 1.29 is 23.1 Å². The summed E-state index contributed by atoms with van der Waals surface area (Å²) >= 11 is 0. The van der Waals surface area contributed by atoms with Gasteiger partial charge >= 0.3 is 5.97 Å². The van der Waals surface area contributed by atoms with Crippen molar-refractivity contribution in [3.05, 3.63) is 65.8 Å². The third kappa shape index (κ3) is 4.84. The fourth-order valence-corrected chi connectivity index (χ4v) is 3.64. The lowest BCUT2D eigenvalue weighted by Crippen LogP contribution is -2.40. The number of oxazole rings is 1. The van der Waals surface area contributed by atoms with Crippen LogP contribution in [0.25, 0.3) is 11.1 Å². The summed E-state index contributed by atoms with van der Waals surface area (Å²) in [6.07, 6.45) is 2.12. The molecule has 1 aliphatic heterocycles. The van der Waals surface area contributed by atoms with Crippen molar-refractivity contribution in [3.8, 4) is 0 Å². The molecule has 1 fully saturated rings. The van der Waals surface area contributed by atoms with Gasteiger partial charge in [0.15, 0.2) is 18.1 Å². The molecule has 0 N–H and O–H groups in total. The maximum absolute atomic E-state index is 12.9. The highest BCUT2D eigenvalue weighted by molar-refractivity contribution is 5.80. The Morgan fingerprint density at radius 2 is 1.83 bits per heavy atom. The quantitative estimate of drug-likeness (QED) is 0.577. The predicted octanol–water partition coefficient (Wildman–Crippen LogP) is 3.85. The van der Waals surface area contributed by atoms with Crippen LogP contribution in [0.5, 0.6) is 0 Å². The monoisotopic (exact) mass is 410 g/mol. The van der Waals surface area contributed by atoms with Gasteiger partial charge in [-0.2, -0.15) is 0 Å². The van der Waals surface area contributed by atoms with Gasteiger partial charge < -0.3 is 14.1 Å². The van der Waals surface area contributed by atoms with Crippen molar-refractivity contribution >= 4 is 23.0 Å². The molecule has 2 aromatic carbocycles. The zero-order valence-electron chi connectivity index (χ0n) is 16.6. The average Bonchev–Trinajstić information content (AvgIpc) is 3.21. The van der Waals surface area contributed by atoms with E-state index in [0.717, 1.165) is 35.4 Å². The maximum atomic E-state index is 12.9. The number of fused-ring (bicyclic) bond motifs is 1. The zero-order chi connectivity index (χ0) is 20.9. The third-order valence-corrected chi connectivity index (χ3v) is 5.40. The van der Waals surface area contributed by atoms with Gasteiger partial charge in [-0.15, -0.1) is 0 Å². The molecule has 1 amide bonds. The van der Waals surface area contributed by atoms with Crippen LogP contribution in [0.2, 0.25) is 0 Å². The van der Waals surface area contributed by atoms with E-state index in [1.54, 1.807) is 17.0 Å². The minimum Gasteiger partial charge on any atom is -0.456 e. The van der Waals surface area contributed by atoms with E-state index >= 15 is 0 Å². The lowest BCUT2D eigenvalue weighted by molar-refractivity contribution is -0.152. The second-order valence-electron chi connectivity index (χ2n) is 7.46. The number of para-hydroxylation sites is 2. The van der Waals surface area contributed by atoms with E-state index in [0.29, 0.717) is 19.5 Å². The smallest absolute Gasteiger partial charge is 0.306 e. The SMILES string of the molecule is O=C(CCc1ccc(F)cc1)OCC(=O)N1CCC(c2nc3ccccc3o2)CC1. The lowest BCUT2D eigenvalue weighted by Gasteiger charge is -2.30. The van der Waals surface area contributed by atoms with Gasteiger partial charge in [0.1, 0.15) is 11.3 Å². The number of hydrogen-bond acceptors (Lipinski definition) is 5. The number of carbonyl (C=O) groups excluding carboxylic acids is 2. The molecular weight excluding hydrogens is 387 g/mol. The fourth-order valence-electron chi connectivity index (χ4n) is 3.64. The van der Waals surface area contributed by atoms with Gasteiger partial charge in [-0.05, 0) is 49.1 Å². The normalized spacial score (nSPS) is 14.8. The van der Waals surface area contributed by atoms with Crippen molar-refractivity contribution in [2.75, 3.05) is 19.7 Å². The van der Waals surface area contributed by atoms with Crippen LogP contribution in [0.4, 0.5) is 4.39 Å². The third-order valence-electron chi connectivity index (χ3n) is 5.40. The van der Waals surface area contributed by atoms with Crippen LogP contribution in [0, 0.1) is 5.82 Å². The Morgan fingerprint density at radius 1 is 1.10 bits per heavy atom. The molecule has 0 bridgehead atoms. The van der Waals surface area contributed by atoms with E-state index in [9.17, 15) is 14.0 Å². The number of likely N-dealkylation sites (tertiary alicyclic amines) is 1. The van der Waals surface area contributed by atoms with E-state index in [2.05, 4.69) is 4.98 Å². The van der Waals surface area contributed by atoms with Crippen molar-refractivity contribution in [3.63, 3.8) is 0 Å². The first-order chi connectivity index (χ1) is 14.6. The first-order valence-electron chi connectivity index (χ1n) is 10.1. The summed E-state index contributed by atoms with van der Waals surface area (Å²) in [5.74, 6) is -0.0442. The molecule has 0 atom stereocenters. The molecule has 0 saturated carbocycles. The molecular formula is C23H23FN2O4. The Morgan fingerprint density at radius 3 is 2.57 bits per heavy atom. The number of halogens is 1. The number of aromatic nitrogens is 1. The molecule has 7 heteroatoms. The van der Waals surface area contributed by atoms with Crippen LogP contribution in [-0.2, 0) is 20.7 Å². The van der Waals surface area contributed by atoms with Crippen LogP contribution in [0.15, 0.2) is 52.9 Å². The Labute approximate surface area is 173 Å². The summed E-state index contributed by atoms with van der Waals surface area (Å²) in [5, 5.41) is 0. The number of ether oxygens (including phenoxy) is 1. The molecule has 156 valence electrons. The number of benzene rings is 2. The van der Waals surface area contributed by atoms with Gasteiger partial charge in [0, 0.05) is 25.4 Å². The number of piperidine rings is 1. The van der Waals surface area contributed by atoms with E-state index < -0.39 is 5.97 Å². The van der Waals surface area contributed by atoms with Gasteiger partial charge in [-0.3, -0.25) is 9.59 Å². The molecule has 1 saturated heterocycles. The van der Waals surface area contributed by atoms with Gasteiger partial charge in [0.2, 0.25) is 0 Å². The van der Waals surface area contributed by atoms with Gasteiger partial charge in [-0.25, -0.2) is 9.37 Å². The summed E-state index contributed by atoms with van der Waals surface area (Å²) in [6.45, 7) is 0.903. The Balaban J connectivity index is 1.20. The average molecular weight is 410 g/mol. The lowest BCUT2D eigenvalue weighted by atomic mass is 9.97. The minimum absolute atomic E-state index is 0.151. The first kappa shape index (κ1) is 20.1. The molecule has 0 unspecified atom stereocenters. The van der Waals surface area contributed by atoms with Crippen LogP contribution in [-0.4, -0.2) is 41.5 Å². The van der Waals surface area contributed by atoms with Crippen molar-refractivity contribution in [2.24, 2.45) is 0 Å². The second-order valence-corrected chi connectivity index (χ2v) is 7.46. The first-order valence-corrected chi connectivity index (χ1v) is 10.1. The summed E-state index contributed by atoms with van der Waals surface area (Å²) in [7, 11) is 0. The molecule has 1 aliphatic rings. The van der Waals surface area contributed by atoms with Crippen LogP contribution in [0.3, 0.4) is 0 Å². The van der Waals surface area contributed by atoms with Gasteiger partial charge in [0.05, 0.1) is 0 Å². The molecule has 4 rings (SSSR count). The highest BCUT2D eigenvalue weighted by atomic mass is 19.1. The number of nitrogens with zero attached hydrogens (tertiary/aromatic N) is 2. The Bertz CT molecular complexity index is 990. The summed E-state index contributed by atoms with van der Waals surface area (Å²) < 4.78 is 23.9. The van der Waals surface area contributed by atoms with Crippen LogP contribution >= 0.6 is 0 Å². The number of esters is 1. The largest absolute Gasteiger partial charge is 0.456 e. The number of rotatable bonds is 6. The van der Waals surface area contributed by atoms with Crippen molar-refractivity contribution in [2.45, 2.75) is 31.6 Å². The number of hydrogen-bond donors (Lipinski definition) is 0. The summed E-state index contributed by atoms with van der Waals surface area (Å²) in [5.41, 5.74) is 2.47. The molecule has 0 radical (unpaired) electrons. The Hall–Kier alpha value is -3.22. The number of amides is 1. The van der Waals surface area contributed by atoms with Gasteiger partial charge in [0.25, 0.3) is 5.91 Å². The molecule has 2 heterocycles. The molecule has 6 nitrogen and oxygen atoms in total. The summed E-state index contributed by atoms with van der Waals surface area (Å²) in [6, 6.07) is 13.6. The zero-order valence-corrected chi connectivity index (χ0v) is 16.6. The van der Waals surface area contributed by atoms with E-state index in [1.807, 2.05) is 24.3 Å². The Kier molecular flexibility index (Phi) is 6.07. The maximum Gasteiger partial charge on any atom is 0.306 e. The minimum atomic E-state index is -0.436. The highest BCUT2D eigenvalue weighted by Gasteiger charge is 2.27. The predicted molar refractivity (Wildman–Crippen MR) is 108 cm³/mol. The molecule has 3 aromatic rings. The topological polar surface area (TPSA) is 72.6 Å². The molecule has 0 aliphatic carbocycles. The molecule has 30 heavy (non-hydrogen) atoms. The van der Waals surface area contributed by atoms with Crippen molar-refractivity contribution in [1.29, 1.82) is 0 Å². The molecule has 0 spiro atoms. The fraction of sp³-hybridized carbons (Fsp3) is 0.348. The number of aryl methyl sites for hydroxylation is 1. The van der Waals surface area contributed by atoms with E-state index in [1.165, 1.54) is 12.1 Å².